The third-order valence-electron chi connectivity index (χ3n) is 3.01. The minimum Gasteiger partial charge on any atom is -0.456 e. The van der Waals surface area contributed by atoms with Gasteiger partial charge < -0.3 is 19.5 Å². The van der Waals surface area contributed by atoms with Crippen LogP contribution in [0.25, 0.3) is 0 Å². The fourth-order valence-electron chi connectivity index (χ4n) is 2.20. The average molecular weight is 341 g/mol. The maximum absolute atomic E-state index is 12.5. The summed E-state index contributed by atoms with van der Waals surface area (Å²) < 4.78 is 15.6. The highest BCUT2D eigenvalue weighted by Gasteiger charge is 2.32. The van der Waals surface area contributed by atoms with Crippen LogP contribution in [-0.4, -0.2) is 35.3 Å². The van der Waals surface area contributed by atoms with Gasteiger partial charge >= 0.3 is 12.1 Å². The Morgan fingerprint density at radius 1 is 1.29 bits per heavy atom. The van der Waals surface area contributed by atoms with Crippen LogP contribution in [0.3, 0.4) is 0 Å². The lowest BCUT2D eigenvalue weighted by atomic mass is 10.0. The van der Waals surface area contributed by atoms with Gasteiger partial charge in [-0.15, -0.1) is 0 Å². The molecule has 7 nitrogen and oxygen atoms in total. The second-order valence-corrected chi connectivity index (χ2v) is 7.16. The second kappa shape index (κ2) is 7.68. The number of carbonyl (C=O) groups is 3. The number of amides is 1. The van der Waals surface area contributed by atoms with Gasteiger partial charge in [-0.3, -0.25) is 4.79 Å². The Kier molecular flexibility index (Phi) is 6.40. The number of Topliss-reactive ketones (excluding diaryl/α,β-unsaturated/α-hetero) is 1. The topological polar surface area (TPSA) is 90.9 Å². The van der Waals surface area contributed by atoms with Gasteiger partial charge in [0.1, 0.15) is 11.4 Å². The van der Waals surface area contributed by atoms with Crippen LogP contribution in [0.5, 0.6) is 0 Å². The number of hydrogen-bond acceptors (Lipinski definition) is 6. The Morgan fingerprint density at radius 2 is 1.92 bits per heavy atom. The lowest BCUT2D eigenvalue weighted by molar-refractivity contribution is -0.205. The number of carbonyl (C=O) groups excluding carboxylic acids is 3. The van der Waals surface area contributed by atoms with Crippen molar-refractivity contribution in [2.24, 2.45) is 0 Å². The summed E-state index contributed by atoms with van der Waals surface area (Å²) in [5, 5.41) is 2.59. The van der Waals surface area contributed by atoms with Crippen LogP contribution >= 0.6 is 0 Å². The molecular formula is C17H27NO6. The van der Waals surface area contributed by atoms with E-state index in [2.05, 4.69) is 5.32 Å². The van der Waals surface area contributed by atoms with Gasteiger partial charge in [-0.1, -0.05) is 13.3 Å². The van der Waals surface area contributed by atoms with Gasteiger partial charge in [-0.05, 0) is 27.2 Å². The van der Waals surface area contributed by atoms with E-state index in [0.717, 1.165) is 6.08 Å². The van der Waals surface area contributed by atoms with Crippen molar-refractivity contribution in [3.05, 3.63) is 11.8 Å². The molecule has 0 saturated heterocycles. The minimum atomic E-state index is -1.11. The molecule has 1 heterocycles. The molecule has 0 radical (unpaired) electrons. The van der Waals surface area contributed by atoms with Crippen molar-refractivity contribution in [1.29, 1.82) is 0 Å². The third-order valence-corrected chi connectivity index (χ3v) is 3.01. The first-order valence-electron chi connectivity index (χ1n) is 8.06. The number of alkyl carbamates (subject to hydrolysis) is 1. The van der Waals surface area contributed by atoms with Crippen LogP contribution in [0.4, 0.5) is 4.79 Å². The monoisotopic (exact) mass is 341 g/mol. The molecule has 1 unspecified atom stereocenters. The summed E-state index contributed by atoms with van der Waals surface area (Å²) in [6, 6.07) is -0.699. The highest BCUT2D eigenvalue weighted by molar-refractivity contribution is 5.91. The summed E-state index contributed by atoms with van der Waals surface area (Å²) in [6.45, 7) is 10.3. The van der Waals surface area contributed by atoms with Crippen molar-refractivity contribution in [2.75, 3.05) is 0 Å². The zero-order valence-corrected chi connectivity index (χ0v) is 15.2. The quantitative estimate of drug-likeness (QED) is 0.747. The molecule has 1 atom stereocenters. The predicted octanol–water partition coefficient (Wildman–Crippen LogP) is 2.83. The van der Waals surface area contributed by atoms with Crippen molar-refractivity contribution in [3.63, 3.8) is 0 Å². The van der Waals surface area contributed by atoms with Gasteiger partial charge in [0, 0.05) is 13.8 Å². The Labute approximate surface area is 142 Å². The molecule has 1 amide bonds. The van der Waals surface area contributed by atoms with Gasteiger partial charge in [0.2, 0.25) is 5.79 Å². The molecule has 136 valence electrons. The second-order valence-electron chi connectivity index (χ2n) is 7.16. The van der Waals surface area contributed by atoms with E-state index in [1.54, 1.807) is 34.6 Å². The summed E-state index contributed by atoms with van der Waals surface area (Å²) in [6.07, 6.45) is 1.59. The first-order chi connectivity index (χ1) is 10.9. The largest absolute Gasteiger partial charge is 0.456 e. The molecule has 1 rings (SSSR count). The third kappa shape index (κ3) is 7.02. The standard InChI is InChI=1S/C17H27NO6/c1-7-8-12(18-15(21)24-16(2,3)4)13(19)9-11-10-14(20)23-17(5,6)22-11/h10,12H,7-9H2,1-6H3,(H,18,21). The lowest BCUT2D eigenvalue weighted by Crippen LogP contribution is -2.44. The fraction of sp³-hybridized carbons (Fsp3) is 0.706. The van der Waals surface area contributed by atoms with Gasteiger partial charge in [-0.2, -0.15) is 0 Å². The SMILES string of the molecule is CCCC(NC(=O)OC(C)(C)C)C(=O)CC1=CC(=O)OC(C)(C)O1. The van der Waals surface area contributed by atoms with E-state index >= 15 is 0 Å². The molecule has 0 aromatic rings. The van der Waals surface area contributed by atoms with E-state index in [-0.39, 0.29) is 18.0 Å². The highest BCUT2D eigenvalue weighted by Crippen LogP contribution is 2.24. The summed E-state index contributed by atoms with van der Waals surface area (Å²) in [5.41, 5.74) is -0.646. The summed E-state index contributed by atoms with van der Waals surface area (Å²) >= 11 is 0. The lowest BCUT2D eigenvalue weighted by Gasteiger charge is -2.31. The zero-order valence-electron chi connectivity index (χ0n) is 15.2. The van der Waals surface area contributed by atoms with Crippen LogP contribution in [-0.2, 0) is 23.8 Å². The van der Waals surface area contributed by atoms with Gasteiger partial charge in [0.05, 0.1) is 18.5 Å². The van der Waals surface area contributed by atoms with Gasteiger partial charge in [0.15, 0.2) is 5.78 Å². The number of hydrogen-bond donors (Lipinski definition) is 1. The number of ketones is 1. The normalized spacial score (nSPS) is 17.9. The van der Waals surface area contributed by atoms with Crippen LogP contribution in [0.2, 0.25) is 0 Å². The van der Waals surface area contributed by atoms with Gasteiger partial charge in [-0.25, -0.2) is 9.59 Å². The molecule has 0 aromatic heterocycles. The average Bonchev–Trinajstić information content (AvgIpc) is 2.33. The molecule has 0 bridgehead atoms. The van der Waals surface area contributed by atoms with E-state index in [0.29, 0.717) is 12.8 Å². The van der Waals surface area contributed by atoms with Crippen LogP contribution in [0, 0.1) is 0 Å². The summed E-state index contributed by atoms with van der Waals surface area (Å²) in [5.74, 6) is -1.69. The first-order valence-corrected chi connectivity index (χ1v) is 8.06. The number of ether oxygens (including phenoxy) is 3. The number of allylic oxidation sites excluding steroid dienone is 1. The van der Waals surface area contributed by atoms with Crippen LogP contribution in [0.15, 0.2) is 11.8 Å². The molecule has 1 aliphatic heterocycles. The van der Waals surface area contributed by atoms with Crippen molar-refractivity contribution in [3.8, 4) is 0 Å². The summed E-state index contributed by atoms with van der Waals surface area (Å²) in [4.78, 5) is 35.9. The van der Waals surface area contributed by atoms with Crippen molar-refractivity contribution in [1.82, 2.24) is 5.32 Å². The van der Waals surface area contributed by atoms with Gasteiger partial charge in [0.25, 0.3) is 0 Å². The van der Waals surface area contributed by atoms with E-state index in [1.165, 1.54) is 0 Å². The van der Waals surface area contributed by atoms with Crippen LogP contribution in [0.1, 0.15) is 60.8 Å². The van der Waals surface area contributed by atoms with Crippen LogP contribution < -0.4 is 5.32 Å². The molecule has 1 N–H and O–H groups in total. The smallest absolute Gasteiger partial charge is 0.408 e. The highest BCUT2D eigenvalue weighted by atomic mass is 16.7. The molecule has 0 aliphatic carbocycles. The van der Waals surface area contributed by atoms with E-state index in [1.807, 2.05) is 6.92 Å². The molecule has 0 aromatic carbocycles. The molecule has 0 saturated carbocycles. The number of esters is 1. The van der Waals surface area contributed by atoms with Crippen molar-refractivity contribution >= 4 is 17.8 Å². The molecular weight excluding hydrogens is 314 g/mol. The first kappa shape index (κ1) is 20.0. The number of rotatable bonds is 6. The minimum absolute atomic E-state index is 0.0982. The van der Waals surface area contributed by atoms with Crippen molar-refractivity contribution in [2.45, 2.75) is 78.2 Å². The molecule has 24 heavy (non-hydrogen) atoms. The predicted molar refractivity (Wildman–Crippen MR) is 87.0 cm³/mol. The molecule has 7 heteroatoms. The van der Waals surface area contributed by atoms with E-state index in [9.17, 15) is 14.4 Å². The number of nitrogens with one attached hydrogen (secondary N) is 1. The van der Waals surface area contributed by atoms with E-state index in [4.69, 9.17) is 14.2 Å². The van der Waals surface area contributed by atoms with E-state index < -0.39 is 29.5 Å². The maximum atomic E-state index is 12.5. The van der Waals surface area contributed by atoms with Crippen molar-refractivity contribution < 1.29 is 28.6 Å². The maximum Gasteiger partial charge on any atom is 0.408 e. The summed E-state index contributed by atoms with van der Waals surface area (Å²) in [7, 11) is 0. The Morgan fingerprint density at radius 3 is 2.42 bits per heavy atom. The molecule has 0 fully saturated rings. The Balaban J connectivity index is 2.73. The molecule has 0 spiro atoms. The Hall–Kier alpha value is -2.05. The Bertz CT molecular complexity index is 530. The fourth-order valence-corrected chi connectivity index (χ4v) is 2.20. The number of cyclic esters (lactones) is 1. The molecule has 1 aliphatic rings. The zero-order chi connectivity index (χ0) is 18.5.